The van der Waals surface area contributed by atoms with Crippen LogP contribution in [0.1, 0.15) is 28.9 Å². The molecule has 3 rings (SSSR count). The van der Waals surface area contributed by atoms with Crippen LogP contribution in [-0.4, -0.2) is 34.9 Å². The third-order valence-electron chi connectivity index (χ3n) is 3.85. The van der Waals surface area contributed by atoms with E-state index in [0.29, 0.717) is 11.3 Å². The molecule has 0 radical (unpaired) electrons. The molecule has 1 N–H and O–H groups in total. The topological polar surface area (TPSA) is 56.1 Å². The molecule has 0 saturated carbocycles. The smallest absolute Gasteiger partial charge is 0.376 e. The summed E-state index contributed by atoms with van der Waals surface area (Å²) < 4.78 is 46.6. The standard InChI is InChI=1S/C16H15ClF3N3O2/c17-10-3-1-4-11(7-10)23-14(16(18,19)20)13(9-22-23)15(24)21-8-12-5-2-6-25-12/h1,3-4,7,9,12H,2,5-6,8H2,(H,21,24). The molecule has 1 fully saturated rings. The van der Waals surface area contributed by atoms with Gasteiger partial charge >= 0.3 is 6.18 Å². The minimum absolute atomic E-state index is 0.123. The third-order valence-corrected chi connectivity index (χ3v) is 4.08. The molecule has 1 aromatic carbocycles. The van der Waals surface area contributed by atoms with Crippen molar-refractivity contribution in [2.75, 3.05) is 13.2 Å². The van der Waals surface area contributed by atoms with E-state index in [9.17, 15) is 18.0 Å². The van der Waals surface area contributed by atoms with Crippen molar-refractivity contribution in [3.05, 3.63) is 46.7 Å². The second-order valence-corrected chi connectivity index (χ2v) is 6.08. The van der Waals surface area contributed by atoms with Crippen molar-refractivity contribution in [2.45, 2.75) is 25.1 Å². The van der Waals surface area contributed by atoms with Crippen molar-refractivity contribution in [1.82, 2.24) is 15.1 Å². The zero-order valence-electron chi connectivity index (χ0n) is 13.0. The number of halogens is 4. The van der Waals surface area contributed by atoms with Gasteiger partial charge in [-0.15, -0.1) is 0 Å². The number of rotatable bonds is 4. The van der Waals surface area contributed by atoms with Gasteiger partial charge in [-0.3, -0.25) is 4.79 Å². The predicted octanol–water partition coefficient (Wildman–Crippen LogP) is 3.45. The van der Waals surface area contributed by atoms with E-state index in [1.54, 1.807) is 0 Å². The van der Waals surface area contributed by atoms with Crippen LogP contribution < -0.4 is 5.32 Å². The number of aromatic nitrogens is 2. The van der Waals surface area contributed by atoms with Crippen LogP contribution >= 0.6 is 11.6 Å². The Kier molecular flexibility index (Phi) is 5.01. The monoisotopic (exact) mass is 373 g/mol. The van der Waals surface area contributed by atoms with Gasteiger partial charge in [0.05, 0.1) is 23.6 Å². The second-order valence-electron chi connectivity index (χ2n) is 5.64. The van der Waals surface area contributed by atoms with Gasteiger partial charge in [0.2, 0.25) is 0 Å². The van der Waals surface area contributed by atoms with E-state index in [0.717, 1.165) is 19.0 Å². The number of nitrogens with one attached hydrogen (secondary N) is 1. The van der Waals surface area contributed by atoms with Crippen LogP contribution in [0.3, 0.4) is 0 Å². The Morgan fingerprint density at radius 1 is 1.44 bits per heavy atom. The second kappa shape index (κ2) is 7.05. The summed E-state index contributed by atoms with van der Waals surface area (Å²) in [7, 11) is 0. The fourth-order valence-corrected chi connectivity index (χ4v) is 2.88. The molecule has 0 spiro atoms. The fraction of sp³-hybridized carbons (Fsp3) is 0.375. The molecule has 5 nitrogen and oxygen atoms in total. The maximum atomic E-state index is 13.5. The maximum absolute atomic E-state index is 13.5. The minimum Gasteiger partial charge on any atom is -0.376 e. The van der Waals surface area contributed by atoms with Gasteiger partial charge in [-0.2, -0.15) is 18.3 Å². The van der Waals surface area contributed by atoms with Crippen molar-refractivity contribution in [1.29, 1.82) is 0 Å². The van der Waals surface area contributed by atoms with Crippen LogP contribution in [0.2, 0.25) is 5.02 Å². The number of benzene rings is 1. The summed E-state index contributed by atoms with van der Waals surface area (Å²) in [5.41, 5.74) is -1.55. The van der Waals surface area contributed by atoms with Gasteiger partial charge in [-0.25, -0.2) is 4.68 Å². The number of amides is 1. The van der Waals surface area contributed by atoms with Gasteiger partial charge in [0, 0.05) is 18.2 Å². The largest absolute Gasteiger partial charge is 0.434 e. The highest BCUT2D eigenvalue weighted by molar-refractivity contribution is 6.30. The average molecular weight is 374 g/mol. The number of carbonyl (C=O) groups is 1. The lowest BCUT2D eigenvalue weighted by Gasteiger charge is -2.14. The number of ether oxygens (including phenoxy) is 1. The molecule has 0 aliphatic carbocycles. The van der Waals surface area contributed by atoms with Gasteiger partial charge < -0.3 is 10.1 Å². The Morgan fingerprint density at radius 3 is 2.88 bits per heavy atom. The molecule has 25 heavy (non-hydrogen) atoms. The minimum atomic E-state index is -4.75. The van der Waals surface area contributed by atoms with Gasteiger partial charge in [0.15, 0.2) is 5.69 Å². The normalized spacial score (nSPS) is 17.7. The highest BCUT2D eigenvalue weighted by atomic mass is 35.5. The van der Waals surface area contributed by atoms with Crippen LogP contribution in [0.15, 0.2) is 30.5 Å². The molecule has 9 heteroatoms. The molecule has 1 aliphatic heterocycles. The first kappa shape index (κ1) is 17.8. The molecular weight excluding hydrogens is 359 g/mol. The molecule has 1 amide bonds. The first-order chi connectivity index (χ1) is 11.9. The number of alkyl halides is 3. The van der Waals surface area contributed by atoms with Gasteiger partial charge in [-0.1, -0.05) is 17.7 Å². The molecule has 1 aromatic heterocycles. The Hall–Kier alpha value is -2.06. The number of carbonyl (C=O) groups excluding carboxylic acids is 1. The quantitative estimate of drug-likeness (QED) is 0.893. The van der Waals surface area contributed by atoms with E-state index in [1.807, 2.05) is 0 Å². The summed E-state index contributed by atoms with van der Waals surface area (Å²) in [5.74, 6) is -0.837. The van der Waals surface area contributed by atoms with Crippen molar-refractivity contribution < 1.29 is 22.7 Å². The van der Waals surface area contributed by atoms with E-state index in [4.69, 9.17) is 16.3 Å². The van der Waals surface area contributed by atoms with E-state index in [-0.39, 0.29) is 23.4 Å². The molecule has 1 unspecified atom stereocenters. The van der Waals surface area contributed by atoms with Gasteiger partial charge in [0.25, 0.3) is 5.91 Å². The van der Waals surface area contributed by atoms with E-state index < -0.39 is 23.3 Å². The van der Waals surface area contributed by atoms with Crippen molar-refractivity contribution in [3.63, 3.8) is 0 Å². The third kappa shape index (κ3) is 3.96. The number of hydrogen-bond acceptors (Lipinski definition) is 3. The van der Waals surface area contributed by atoms with Crippen molar-refractivity contribution in [3.8, 4) is 5.69 Å². The van der Waals surface area contributed by atoms with E-state index in [2.05, 4.69) is 10.4 Å². The predicted molar refractivity (Wildman–Crippen MR) is 84.9 cm³/mol. The molecule has 1 atom stereocenters. The molecule has 0 bridgehead atoms. The highest BCUT2D eigenvalue weighted by Crippen LogP contribution is 2.34. The van der Waals surface area contributed by atoms with Crippen molar-refractivity contribution in [2.24, 2.45) is 0 Å². The van der Waals surface area contributed by atoms with E-state index in [1.165, 1.54) is 24.3 Å². The fourth-order valence-electron chi connectivity index (χ4n) is 2.70. The lowest BCUT2D eigenvalue weighted by Crippen LogP contribution is -2.33. The maximum Gasteiger partial charge on any atom is 0.434 e. The lowest BCUT2D eigenvalue weighted by atomic mass is 10.2. The Morgan fingerprint density at radius 2 is 2.24 bits per heavy atom. The molecule has 1 aliphatic rings. The first-order valence-corrected chi connectivity index (χ1v) is 8.05. The van der Waals surface area contributed by atoms with Crippen molar-refractivity contribution >= 4 is 17.5 Å². The number of nitrogens with zero attached hydrogens (tertiary/aromatic N) is 2. The molecule has 1 saturated heterocycles. The summed E-state index contributed by atoms with van der Waals surface area (Å²) in [4.78, 5) is 12.2. The highest BCUT2D eigenvalue weighted by Gasteiger charge is 2.40. The molecule has 2 heterocycles. The van der Waals surface area contributed by atoms with Crippen LogP contribution in [0.5, 0.6) is 0 Å². The summed E-state index contributed by atoms with van der Waals surface area (Å²) in [5, 5.41) is 6.50. The Labute approximate surface area is 146 Å². The van der Waals surface area contributed by atoms with Crippen LogP contribution in [-0.2, 0) is 10.9 Å². The summed E-state index contributed by atoms with van der Waals surface area (Å²) in [6, 6.07) is 5.83. The van der Waals surface area contributed by atoms with Crippen LogP contribution in [0.25, 0.3) is 5.69 Å². The van der Waals surface area contributed by atoms with Crippen LogP contribution in [0, 0.1) is 0 Å². The summed E-state index contributed by atoms with van der Waals surface area (Å²) in [6.45, 7) is 0.763. The molecule has 2 aromatic rings. The zero-order valence-corrected chi connectivity index (χ0v) is 13.8. The number of hydrogen-bond donors (Lipinski definition) is 1. The van der Waals surface area contributed by atoms with Gasteiger partial charge in [-0.05, 0) is 31.0 Å². The Bertz CT molecular complexity index is 770. The SMILES string of the molecule is O=C(NCC1CCCO1)c1cnn(-c2cccc(Cl)c2)c1C(F)(F)F. The lowest BCUT2D eigenvalue weighted by molar-refractivity contribution is -0.143. The van der Waals surface area contributed by atoms with Crippen LogP contribution in [0.4, 0.5) is 13.2 Å². The average Bonchev–Trinajstić information content (AvgIpc) is 3.21. The first-order valence-electron chi connectivity index (χ1n) is 7.67. The molecule has 134 valence electrons. The summed E-state index contributed by atoms with van der Waals surface area (Å²) >= 11 is 5.84. The Balaban J connectivity index is 1.90. The van der Waals surface area contributed by atoms with Gasteiger partial charge in [0.1, 0.15) is 0 Å². The zero-order chi connectivity index (χ0) is 18.0. The summed E-state index contributed by atoms with van der Waals surface area (Å²) in [6.07, 6.45) is -2.36. The molecular formula is C16H15ClF3N3O2. The van der Waals surface area contributed by atoms with E-state index >= 15 is 0 Å².